The van der Waals surface area contributed by atoms with Gasteiger partial charge in [0.05, 0.1) is 11.8 Å². The van der Waals surface area contributed by atoms with E-state index in [0.29, 0.717) is 17.3 Å². The van der Waals surface area contributed by atoms with Crippen molar-refractivity contribution in [2.75, 3.05) is 5.32 Å². The summed E-state index contributed by atoms with van der Waals surface area (Å²) < 4.78 is 0. The van der Waals surface area contributed by atoms with Gasteiger partial charge in [-0.3, -0.25) is 4.98 Å². The molecule has 7 nitrogen and oxygen atoms in total. The first kappa shape index (κ1) is 16.5. The molecule has 126 valence electrons. The van der Waals surface area contributed by atoms with E-state index in [0.717, 1.165) is 23.4 Å². The molecule has 0 aliphatic rings. The molecule has 3 rings (SSSR count). The van der Waals surface area contributed by atoms with Gasteiger partial charge in [0.1, 0.15) is 11.5 Å². The molecule has 0 bridgehead atoms. The number of nitrogens with zero attached hydrogens (tertiary/aromatic N) is 4. The van der Waals surface area contributed by atoms with Gasteiger partial charge < -0.3 is 10.4 Å². The predicted molar refractivity (Wildman–Crippen MR) is 93.9 cm³/mol. The minimum Gasteiger partial charge on any atom is -0.478 e. The molecule has 0 unspecified atom stereocenters. The van der Waals surface area contributed by atoms with E-state index in [9.17, 15) is 4.79 Å². The molecular formula is C18H17N5O2. The summed E-state index contributed by atoms with van der Waals surface area (Å²) >= 11 is 0. The minimum absolute atomic E-state index is 0.236. The van der Waals surface area contributed by atoms with E-state index >= 15 is 0 Å². The zero-order valence-electron chi connectivity index (χ0n) is 13.9. The number of hydrogen-bond acceptors (Lipinski definition) is 6. The molecule has 3 aromatic rings. The minimum atomic E-state index is -0.955. The van der Waals surface area contributed by atoms with Crippen molar-refractivity contribution in [3.05, 3.63) is 59.7 Å². The number of benzene rings is 1. The van der Waals surface area contributed by atoms with Crippen molar-refractivity contribution in [1.29, 1.82) is 0 Å². The maximum Gasteiger partial charge on any atom is 0.335 e. The SMILES string of the molecule is CCc1c(C)nc(-c2cnccn2)nc1Nc1ccc(C(=O)O)cc1. The highest BCUT2D eigenvalue weighted by Gasteiger charge is 2.13. The molecule has 2 aromatic heterocycles. The fraction of sp³-hybridized carbons (Fsp3) is 0.167. The molecule has 7 heteroatoms. The van der Waals surface area contributed by atoms with Gasteiger partial charge >= 0.3 is 5.97 Å². The number of anilines is 2. The van der Waals surface area contributed by atoms with Crippen molar-refractivity contribution in [2.45, 2.75) is 20.3 Å². The first-order valence-electron chi connectivity index (χ1n) is 7.82. The average Bonchev–Trinajstić information content (AvgIpc) is 2.62. The van der Waals surface area contributed by atoms with Crippen molar-refractivity contribution in [1.82, 2.24) is 19.9 Å². The smallest absolute Gasteiger partial charge is 0.335 e. The molecule has 0 aliphatic heterocycles. The zero-order valence-corrected chi connectivity index (χ0v) is 13.9. The second-order valence-corrected chi connectivity index (χ2v) is 5.41. The van der Waals surface area contributed by atoms with Crippen LogP contribution in [0.2, 0.25) is 0 Å². The lowest BCUT2D eigenvalue weighted by Gasteiger charge is -2.14. The van der Waals surface area contributed by atoms with Gasteiger partial charge in [0.2, 0.25) is 0 Å². The highest BCUT2D eigenvalue weighted by Crippen LogP contribution is 2.24. The largest absolute Gasteiger partial charge is 0.478 e. The monoisotopic (exact) mass is 335 g/mol. The molecule has 0 saturated heterocycles. The van der Waals surface area contributed by atoms with Crippen LogP contribution in [0, 0.1) is 6.92 Å². The van der Waals surface area contributed by atoms with E-state index in [1.807, 2.05) is 13.8 Å². The van der Waals surface area contributed by atoms with Gasteiger partial charge in [0.25, 0.3) is 0 Å². The Morgan fingerprint density at radius 2 is 1.92 bits per heavy atom. The van der Waals surface area contributed by atoms with Gasteiger partial charge in [-0.15, -0.1) is 0 Å². The van der Waals surface area contributed by atoms with Crippen LogP contribution in [0.25, 0.3) is 11.5 Å². The van der Waals surface area contributed by atoms with Gasteiger partial charge in [0, 0.05) is 29.3 Å². The van der Waals surface area contributed by atoms with E-state index in [1.165, 1.54) is 0 Å². The van der Waals surface area contributed by atoms with Crippen LogP contribution in [-0.2, 0) is 6.42 Å². The van der Waals surface area contributed by atoms with E-state index in [4.69, 9.17) is 5.11 Å². The van der Waals surface area contributed by atoms with Gasteiger partial charge in [-0.1, -0.05) is 6.92 Å². The Hall–Kier alpha value is -3.35. The number of aryl methyl sites for hydroxylation is 1. The van der Waals surface area contributed by atoms with Crippen LogP contribution in [-0.4, -0.2) is 31.0 Å². The lowest BCUT2D eigenvalue weighted by molar-refractivity contribution is 0.0697. The van der Waals surface area contributed by atoms with Crippen LogP contribution in [0.4, 0.5) is 11.5 Å². The molecule has 0 saturated carbocycles. The number of carboxylic acids is 1. The Kier molecular flexibility index (Phi) is 4.65. The summed E-state index contributed by atoms with van der Waals surface area (Å²) in [5.41, 5.74) is 3.44. The number of hydrogen-bond donors (Lipinski definition) is 2. The Labute approximate surface area is 144 Å². The second kappa shape index (κ2) is 7.04. The summed E-state index contributed by atoms with van der Waals surface area (Å²) in [5.74, 6) is 0.217. The lowest BCUT2D eigenvalue weighted by Crippen LogP contribution is -2.06. The molecule has 0 spiro atoms. The van der Waals surface area contributed by atoms with E-state index < -0.39 is 5.97 Å². The van der Waals surface area contributed by atoms with E-state index in [1.54, 1.807) is 42.9 Å². The third-order valence-electron chi connectivity index (χ3n) is 3.75. The van der Waals surface area contributed by atoms with Crippen molar-refractivity contribution in [2.24, 2.45) is 0 Å². The maximum atomic E-state index is 11.0. The highest BCUT2D eigenvalue weighted by molar-refractivity contribution is 5.88. The predicted octanol–water partition coefficient (Wildman–Crippen LogP) is 3.25. The van der Waals surface area contributed by atoms with Crippen molar-refractivity contribution in [3.63, 3.8) is 0 Å². The van der Waals surface area contributed by atoms with Crippen molar-refractivity contribution in [3.8, 4) is 11.5 Å². The standard InChI is InChI=1S/C18H17N5O2/c1-3-14-11(2)21-17(15-10-19-8-9-20-15)23-16(14)22-13-6-4-12(5-7-13)18(24)25/h4-10H,3H2,1-2H3,(H,24,25)(H,21,22,23). The molecule has 25 heavy (non-hydrogen) atoms. The van der Waals surface area contributed by atoms with Crippen LogP contribution in [0.1, 0.15) is 28.5 Å². The Morgan fingerprint density at radius 1 is 1.16 bits per heavy atom. The Morgan fingerprint density at radius 3 is 2.52 bits per heavy atom. The Balaban J connectivity index is 1.99. The fourth-order valence-electron chi connectivity index (χ4n) is 2.48. The van der Waals surface area contributed by atoms with Crippen LogP contribution in [0.3, 0.4) is 0 Å². The third kappa shape index (κ3) is 3.60. The normalized spacial score (nSPS) is 10.5. The van der Waals surface area contributed by atoms with Crippen LogP contribution < -0.4 is 5.32 Å². The molecule has 0 amide bonds. The van der Waals surface area contributed by atoms with Gasteiger partial charge in [-0.25, -0.2) is 19.7 Å². The maximum absolute atomic E-state index is 11.0. The van der Waals surface area contributed by atoms with Crippen LogP contribution >= 0.6 is 0 Å². The number of carboxylic acid groups (broad SMARTS) is 1. The van der Waals surface area contributed by atoms with Crippen molar-refractivity contribution < 1.29 is 9.90 Å². The van der Waals surface area contributed by atoms with Gasteiger partial charge in [-0.05, 0) is 37.6 Å². The first-order chi connectivity index (χ1) is 12.1. The number of carbonyl (C=O) groups is 1. The Bertz CT molecular complexity index is 895. The summed E-state index contributed by atoms with van der Waals surface area (Å²) in [6.07, 6.45) is 5.58. The molecular weight excluding hydrogens is 318 g/mol. The molecule has 0 atom stereocenters. The van der Waals surface area contributed by atoms with E-state index in [-0.39, 0.29) is 5.56 Å². The number of nitrogens with one attached hydrogen (secondary N) is 1. The number of aromatic carboxylic acids is 1. The summed E-state index contributed by atoms with van der Waals surface area (Å²) in [6, 6.07) is 6.52. The third-order valence-corrected chi connectivity index (χ3v) is 3.75. The molecule has 2 heterocycles. The van der Waals surface area contributed by atoms with Gasteiger partial charge in [-0.2, -0.15) is 0 Å². The molecule has 0 aliphatic carbocycles. The molecule has 0 radical (unpaired) electrons. The fourth-order valence-corrected chi connectivity index (χ4v) is 2.48. The number of rotatable bonds is 5. The molecule has 2 N–H and O–H groups in total. The topological polar surface area (TPSA) is 101 Å². The zero-order chi connectivity index (χ0) is 17.8. The van der Waals surface area contributed by atoms with E-state index in [2.05, 4.69) is 25.3 Å². The quantitative estimate of drug-likeness (QED) is 0.738. The first-order valence-corrected chi connectivity index (χ1v) is 7.82. The lowest BCUT2D eigenvalue weighted by atomic mass is 10.1. The summed E-state index contributed by atoms with van der Waals surface area (Å²) in [5, 5.41) is 12.2. The van der Waals surface area contributed by atoms with Gasteiger partial charge in [0.15, 0.2) is 5.82 Å². The summed E-state index contributed by atoms with van der Waals surface area (Å²) in [6.45, 7) is 3.96. The van der Waals surface area contributed by atoms with Crippen molar-refractivity contribution >= 4 is 17.5 Å². The second-order valence-electron chi connectivity index (χ2n) is 5.41. The summed E-state index contributed by atoms with van der Waals surface area (Å²) in [4.78, 5) is 28.4. The molecule has 1 aromatic carbocycles. The van der Waals surface area contributed by atoms with Crippen LogP contribution in [0.15, 0.2) is 42.9 Å². The summed E-state index contributed by atoms with van der Waals surface area (Å²) in [7, 11) is 0. The highest BCUT2D eigenvalue weighted by atomic mass is 16.4. The average molecular weight is 335 g/mol. The molecule has 0 fully saturated rings. The van der Waals surface area contributed by atoms with Crippen LogP contribution in [0.5, 0.6) is 0 Å². The number of aromatic nitrogens is 4.